The van der Waals surface area contributed by atoms with Crippen LogP contribution in [-0.4, -0.2) is 27.7 Å². The van der Waals surface area contributed by atoms with Crippen molar-refractivity contribution in [3.8, 4) is 0 Å². The van der Waals surface area contributed by atoms with Gasteiger partial charge in [-0.25, -0.2) is 4.98 Å². The van der Waals surface area contributed by atoms with E-state index in [1.165, 1.54) is 11.3 Å². The molecule has 0 saturated heterocycles. The number of aliphatic hydroxyl groups is 1. The molecule has 92 valence electrons. The van der Waals surface area contributed by atoms with Gasteiger partial charge in [0, 0.05) is 0 Å². The molecule has 4 N–H and O–H groups in total. The van der Waals surface area contributed by atoms with Gasteiger partial charge >= 0.3 is 0 Å². The van der Waals surface area contributed by atoms with E-state index in [2.05, 4.69) is 15.3 Å². The van der Waals surface area contributed by atoms with Gasteiger partial charge in [-0.3, -0.25) is 0 Å². The van der Waals surface area contributed by atoms with Crippen LogP contribution in [0.3, 0.4) is 0 Å². The lowest BCUT2D eigenvalue weighted by Gasteiger charge is -2.20. The average Bonchev–Trinajstić information content (AvgIpc) is 2.72. The summed E-state index contributed by atoms with van der Waals surface area (Å²) >= 11 is 1.53. The van der Waals surface area contributed by atoms with E-state index in [0.29, 0.717) is 11.7 Å². The Bertz CT molecular complexity index is 511. The van der Waals surface area contributed by atoms with Crippen molar-refractivity contribution in [2.24, 2.45) is 5.92 Å². The summed E-state index contributed by atoms with van der Waals surface area (Å²) in [6.07, 6.45) is 0. The van der Waals surface area contributed by atoms with Crippen molar-refractivity contribution >= 4 is 33.3 Å². The van der Waals surface area contributed by atoms with Crippen molar-refractivity contribution < 1.29 is 5.11 Å². The van der Waals surface area contributed by atoms with Crippen molar-refractivity contribution in [1.29, 1.82) is 0 Å². The number of hydrogen-bond acceptors (Lipinski definition) is 6. The number of hydrogen-bond donors (Lipinski definition) is 3. The Morgan fingerprint density at radius 2 is 2.24 bits per heavy atom. The van der Waals surface area contributed by atoms with Gasteiger partial charge in [0.15, 0.2) is 0 Å². The van der Waals surface area contributed by atoms with Crippen molar-refractivity contribution in [2.45, 2.75) is 19.9 Å². The van der Waals surface area contributed by atoms with Gasteiger partial charge in [0.05, 0.1) is 18.0 Å². The van der Waals surface area contributed by atoms with Gasteiger partial charge < -0.3 is 16.2 Å². The second kappa shape index (κ2) is 4.85. The number of fused-ring (bicyclic) bond motifs is 1. The molecule has 2 aromatic heterocycles. The van der Waals surface area contributed by atoms with Crippen molar-refractivity contribution in [2.75, 3.05) is 17.7 Å². The van der Waals surface area contributed by atoms with Gasteiger partial charge in [-0.2, -0.15) is 4.98 Å². The summed E-state index contributed by atoms with van der Waals surface area (Å²) in [4.78, 5) is 9.21. The van der Waals surface area contributed by atoms with E-state index >= 15 is 0 Å². The number of nitrogens with zero attached hydrogens (tertiary/aromatic N) is 2. The molecule has 0 spiro atoms. The largest absolute Gasteiger partial charge is 0.394 e. The van der Waals surface area contributed by atoms with Gasteiger partial charge in [0.25, 0.3) is 0 Å². The zero-order valence-corrected chi connectivity index (χ0v) is 10.7. The number of rotatable bonds is 4. The molecule has 1 unspecified atom stereocenters. The smallest absolute Gasteiger partial charge is 0.223 e. The van der Waals surface area contributed by atoms with Crippen LogP contribution in [0.15, 0.2) is 11.4 Å². The third-order valence-electron chi connectivity index (χ3n) is 2.67. The molecule has 0 bridgehead atoms. The Morgan fingerprint density at radius 3 is 2.88 bits per heavy atom. The maximum atomic E-state index is 9.32. The van der Waals surface area contributed by atoms with Crippen LogP contribution < -0.4 is 11.1 Å². The van der Waals surface area contributed by atoms with Crippen LogP contribution in [0.2, 0.25) is 0 Å². The first kappa shape index (κ1) is 12.1. The first-order chi connectivity index (χ1) is 8.11. The molecule has 0 radical (unpaired) electrons. The standard InChI is InChI=1S/C11H16N4OS/c1-6(2)8(5-16)13-9-7-3-4-17-10(7)15-11(12)14-9/h3-4,6,8,16H,5H2,1-2H3,(H3,12,13,14,15). The number of aliphatic hydroxyl groups excluding tert-OH is 1. The number of nitrogen functional groups attached to an aromatic ring is 1. The predicted octanol–water partition coefficient (Wildman–Crippen LogP) is 1.70. The molecule has 0 saturated carbocycles. The highest BCUT2D eigenvalue weighted by Gasteiger charge is 2.15. The maximum absolute atomic E-state index is 9.32. The molecule has 5 nitrogen and oxygen atoms in total. The highest BCUT2D eigenvalue weighted by atomic mass is 32.1. The Hall–Kier alpha value is -1.40. The van der Waals surface area contributed by atoms with Crippen LogP contribution in [0, 0.1) is 5.92 Å². The summed E-state index contributed by atoms with van der Waals surface area (Å²) in [6, 6.07) is 1.92. The van der Waals surface area contributed by atoms with Crippen LogP contribution in [0.1, 0.15) is 13.8 Å². The number of nitrogens with one attached hydrogen (secondary N) is 1. The third-order valence-corrected chi connectivity index (χ3v) is 3.47. The molecule has 0 aliphatic carbocycles. The van der Waals surface area contributed by atoms with Crippen molar-refractivity contribution in [3.63, 3.8) is 0 Å². The number of thiophene rings is 1. The normalized spacial score (nSPS) is 13.2. The van der Waals surface area contributed by atoms with E-state index in [9.17, 15) is 5.11 Å². The second-order valence-corrected chi connectivity index (χ2v) is 5.14. The minimum absolute atomic E-state index is 0.0348. The maximum Gasteiger partial charge on any atom is 0.223 e. The Kier molecular flexibility index (Phi) is 3.44. The Balaban J connectivity index is 2.37. The quantitative estimate of drug-likeness (QED) is 0.771. The molecular weight excluding hydrogens is 236 g/mol. The van der Waals surface area contributed by atoms with Gasteiger partial charge in [-0.1, -0.05) is 13.8 Å². The highest BCUT2D eigenvalue weighted by molar-refractivity contribution is 7.16. The van der Waals surface area contributed by atoms with E-state index in [1.54, 1.807) is 0 Å². The SMILES string of the molecule is CC(C)C(CO)Nc1nc(N)nc2sccc12. The summed E-state index contributed by atoms with van der Waals surface area (Å²) < 4.78 is 0. The van der Waals surface area contributed by atoms with E-state index < -0.39 is 0 Å². The fourth-order valence-corrected chi connectivity index (χ4v) is 2.35. The lowest BCUT2D eigenvalue weighted by Crippen LogP contribution is -2.30. The molecule has 0 aliphatic rings. The number of nitrogens with two attached hydrogens (primary N) is 1. The van der Waals surface area contributed by atoms with E-state index in [4.69, 9.17) is 5.73 Å². The fraction of sp³-hybridized carbons (Fsp3) is 0.455. The molecule has 6 heteroatoms. The summed E-state index contributed by atoms with van der Waals surface area (Å²) in [5, 5.41) is 15.4. The van der Waals surface area contributed by atoms with Crippen LogP contribution in [0.4, 0.5) is 11.8 Å². The van der Waals surface area contributed by atoms with E-state index in [-0.39, 0.29) is 18.6 Å². The third kappa shape index (κ3) is 2.48. The van der Waals surface area contributed by atoms with Crippen molar-refractivity contribution in [1.82, 2.24) is 9.97 Å². The topological polar surface area (TPSA) is 84.1 Å². The minimum Gasteiger partial charge on any atom is -0.394 e. The van der Waals surface area contributed by atoms with Gasteiger partial charge in [-0.05, 0) is 17.4 Å². The second-order valence-electron chi connectivity index (χ2n) is 4.25. The zero-order valence-electron chi connectivity index (χ0n) is 9.84. The molecule has 0 amide bonds. The van der Waals surface area contributed by atoms with Crippen LogP contribution >= 0.6 is 11.3 Å². The number of anilines is 2. The lowest BCUT2D eigenvalue weighted by atomic mass is 10.1. The number of aromatic nitrogens is 2. The molecule has 0 aliphatic heterocycles. The first-order valence-electron chi connectivity index (χ1n) is 5.50. The fourth-order valence-electron chi connectivity index (χ4n) is 1.58. The summed E-state index contributed by atoms with van der Waals surface area (Å²) in [5.74, 6) is 1.26. The Morgan fingerprint density at radius 1 is 1.47 bits per heavy atom. The van der Waals surface area contributed by atoms with Crippen molar-refractivity contribution in [3.05, 3.63) is 11.4 Å². The monoisotopic (exact) mass is 252 g/mol. The van der Waals surface area contributed by atoms with Gasteiger partial charge in [-0.15, -0.1) is 11.3 Å². The van der Waals surface area contributed by atoms with Crippen LogP contribution in [0.5, 0.6) is 0 Å². The Labute approximate surface area is 104 Å². The van der Waals surface area contributed by atoms with E-state index in [0.717, 1.165) is 10.2 Å². The molecule has 0 fully saturated rings. The molecule has 2 heterocycles. The molecule has 2 aromatic rings. The average molecular weight is 252 g/mol. The molecule has 1 atom stereocenters. The molecule has 17 heavy (non-hydrogen) atoms. The van der Waals surface area contributed by atoms with Gasteiger partial charge in [0.1, 0.15) is 10.6 Å². The predicted molar refractivity (Wildman–Crippen MR) is 71.2 cm³/mol. The first-order valence-corrected chi connectivity index (χ1v) is 6.38. The summed E-state index contributed by atoms with van der Waals surface area (Å²) in [7, 11) is 0. The van der Waals surface area contributed by atoms with Crippen LogP contribution in [-0.2, 0) is 0 Å². The van der Waals surface area contributed by atoms with Crippen LogP contribution in [0.25, 0.3) is 10.2 Å². The zero-order chi connectivity index (χ0) is 12.4. The highest BCUT2D eigenvalue weighted by Crippen LogP contribution is 2.26. The molecular formula is C11H16N4OS. The lowest BCUT2D eigenvalue weighted by molar-refractivity contribution is 0.249. The summed E-state index contributed by atoms with van der Waals surface area (Å²) in [6.45, 7) is 4.15. The molecule has 0 aromatic carbocycles. The van der Waals surface area contributed by atoms with E-state index in [1.807, 2.05) is 25.3 Å². The van der Waals surface area contributed by atoms with Gasteiger partial charge in [0.2, 0.25) is 5.95 Å². The summed E-state index contributed by atoms with van der Waals surface area (Å²) in [5.41, 5.74) is 5.66. The molecule has 2 rings (SSSR count). The minimum atomic E-state index is -0.0348.